The first-order chi connectivity index (χ1) is 13.7. The van der Waals surface area contributed by atoms with Crippen molar-refractivity contribution in [2.45, 2.75) is 57.8 Å². The number of nitrogens with zero attached hydrogens (tertiary/aromatic N) is 5. The van der Waals surface area contributed by atoms with Crippen molar-refractivity contribution in [3.8, 4) is 0 Å². The molecule has 0 aromatic carbocycles. The zero-order valence-electron chi connectivity index (χ0n) is 17.0. The molecule has 4 rings (SSSR count). The number of amides is 1. The third-order valence-corrected chi connectivity index (χ3v) is 5.99. The highest BCUT2D eigenvalue weighted by atomic mass is 16.4. The summed E-state index contributed by atoms with van der Waals surface area (Å²) in [5.74, 6) is 0. The average molecular weight is 401 g/mol. The van der Waals surface area contributed by atoms with Crippen LogP contribution in [0.4, 0.5) is 4.79 Å². The van der Waals surface area contributed by atoms with Crippen molar-refractivity contribution < 1.29 is 9.90 Å². The Morgan fingerprint density at radius 3 is 2.52 bits per heavy atom. The van der Waals surface area contributed by atoms with E-state index in [1.807, 2.05) is 20.8 Å². The van der Waals surface area contributed by atoms with Gasteiger partial charge in [0.2, 0.25) is 0 Å². The van der Waals surface area contributed by atoms with Gasteiger partial charge >= 0.3 is 6.09 Å². The summed E-state index contributed by atoms with van der Waals surface area (Å²) in [5.41, 5.74) is 0.478. The smallest absolute Gasteiger partial charge is 0.407 e. The Morgan fingerprint density at radius 1 is 1.21 bits per heavy atom. The molecule has 0 aliphatic carbocycles. The number of hydrogen-bond acceptors (Lipinski definition) is 5. The van der Waals surface area contributed by atoms with Crippen molar-refractivity contribution in [1.29, 1.82) is 0 Å². The van der Waals surface area contributed by atoms with Gasteiger partial charge in [-0.3, -0.25) is 18.7 Å². The molecule has 2 aliphatic heterocycles. The monoisotopic (exact) mass is 401 g/mol. The van der Waals surface area contributed by atoms with E-state index in [1.54, 1.807) is 20.1 Å². The number of hydrogen-bond donors (Lipinski definition) is 1. The second-order valence-electron chi connectivity index (χ2n) is 8.97. The predicted molar refractivity (Wildman–Crippen MR) is 108 cm³/mol. The lowest BCUT2D eigenvalue weighted by Crippen LogP contribution is -2.55. The van der Waals surface area contributed by atoms with Gasteiger partial charge in [0, 0.05) is 43.8 Å². The zero-order valence-corrected chi connectivity index (χ0v) is 17.0. The highest BCUT2D eigenvalue weighted by molar-refractivity contribution is 5.71. The minimum Gasteiger partial charge on any atom is -0.465 e. The fourth-order valence-corrected chi connectivity index (χ4v) is 4.81. The molecule has 0 unspecified atom stereocenters. The van der Waals surface area contributed by atoms with Crippen LogP contribution in [0.3, 0.4) is 0 Å². The van der Waals surface area contributed by atoms with Crippen LogP contribution in [0, 0.1) is 0 Å². The van der Waals surface area contributed by atoms with E-state index in [9.17, 15) is 19.5 Å². The van der Waals surface area contributed by atoms with Crippen molar-refractivity contribution in [2.75, 3.05) is 19.6 Å². The Morgan fingerprint density at radius 2 is 1.90 bits per heavy atom. The second-order valence-corrected chi connectivity index (χ2v) is 8.97. The predicted octanol–water partition coefficient (Wildman–Crippen LogP) is 1.36. The lowest BCUT2D eigenvalue weighted by molar-refractivity contribution is 0.0397. The van der Waals surface area contributed by atoms with E-state index in [4.69, 9.17) is 0 Å². The van der Waals surface area contributed by atoms with Gasteiger partial charge < -0.3 is 14.9 Å². The molecule has 29 heavy (non-hydrogen) atoms. The summed E-state index contributed by atoms with van der Waals surface area (Å²) in [6.07, 6.45) is 1.93. The minimum absolute atomic E-state index is 0.0116. The Hall–Kier alpha value is -2.68. The topological polar surface area (TPSA) is 101 Å². The van der Waals surface area contributed by atoms with Crippen LogP contribution >= 0.6 is 0 Å². The SMILES string of the molecule is CC(C)(C)N(C(=O)O)C1CCN(C[C@@H]2Cn3c(=O)cnc4ccc(=O)n2c43)CC1. The number of rotatable bonds is 3. The number of pyridine rings is 1. The van der Waals surface area contributed by atoms with E-state index in [-0.39, 0.29) is 23.2 Å². The maximum absolute atomic E-state index is 12.5. The van der Waals surface area contributed by atoms with Gasteiger partial charge in [-0.2, -0.15) is 0 Å². The van der Waals surface area contributed by atoms with Crippen molar-refractivity contribution in [3.63, 3.8) is 0 Å². The molecular weight excluding hydrogens is 374 g/mol. The summed E-state index contributed by atoms with van der Waals surface area (Å²) in [6, 6.07) is 3.02. The second kappa shape index (κ2) is 6.98. The van der Waals surface area contributed by atoms with Crippen LogP contribution in [0.15, 0.2) is 27.9 Å². The number of likely N-dealkylation sites (tertiary alicyclic amines) is 1. The molecule has 1 saturated heterocycles. The molecule has 2 aliphatic rings. The van der Waals surface area contributed by atoms with Crippen LogP contribution in [0.1, 0.15) is 39.7 Å². The fourth-order valence-electron chi connectivity index (χ4n) is 4.81. The first kappa shape index (κ1) is 19.6. The van der Waals surface area contributed by atoms with Gasteiger partial charge in [0.15, 0.2) is 0 Å². The van der Waals surface area contributed by atoms with Crippen molar-refractivity contribution in [2.24, 2.45) is 0 Å². The molecule has 9 heteroatoms. The molecule has 0 spiro atoms. The third-order valence-electron chi connectivity index (χ3n) is 5.99. The summed E-state index contributed by atoms with van der Waals surface area (Å²) >= 11 is 0. The van der Waals surface area contributed by atoms with Gasteiger partial charge in [0.25, 0.3) is 11.1 Å². The maximum atomic E-state index is 12.5. The molecule has 2 aromatic heterocycles. The highest BCUT2D eigenvalue weighted by Gasteiger charge is 2.36. The summed E-state index contributed by atoms with van der Waals surface area (Å²) < 4.78 is 3.32. The van der Waals surface area contributed by atoms with Crippen LogP contribution in [0.5, 0.6) is 0 Å². The average Bonchev–Trinajstić information content (AvgIpc) is 3.02. The number of carbonyl (C=O) groups is 1. The van der Waals surface area contributed by atoms with Gasteiger partial charge in [0.1, 0.15) is 11.2 Å². The van der Waals surface area contributed by atoms with Crippen LogP contribution in [-0.2, 0) is 6.54 Å². The number of aromatic nitrogens is 3. The number of carboxylic acid groups (broad SMARTS) is 1. The summed E-state index contributed by atoms with van der Waals surface area (Å²) in [5, 5.41) is 9.63. The summed E-state index contributed by atoms with van der Waals surface area (Å²) in [4.78, 5) is 44.5. The van der Waals surface area contributed by atoms with Crippen LogP contribution in [0.2, 0.25) is 0 Å². The molecule has 1 fully saturated rings. The van der Waals surface area contributed by atoms with Gasteiger partial charge in [-0.05, 0) is 39.7 Å². The van der Waals surface area contributed by atoms with E-state index in [2.05, 4.69) is 9.88 Å². The molecule has 2 aromatic rings. The third kappa shape index (κ3) is 3.43. The normalized spacial score (nSPS) is 20.3. The molecule has 0 saturated carbocycles. The van der Waals surface area contributed by atoms with Crippen molar-refractivity contribution in [1.82, 2.24) is 23.9 Å². The van der Waals surface area contributed by atoms with Crippen LogP contribution in [0.25, 0.3) is 11.2 Å². The molecule has 1 atom stereocenters. The Bertz CT molecular complexity index is 1050. The van der Waals surface area contributed by atoms with Crippen molar-refractivity contribution in [3.05, 3.63) is 39.0 Å². The first-order valence-electron chi connectivity index (χ1n) is 10.0. The van der Waals surface area contributed by atoms with E-state index in [0.29, 0.717) is 24.3 Å². The fraction of sp³-hybridized carbons (Fsp3) is 0.600. The highest BCUT2D eigenvalue weighted by Crippen LogP contribution is 2.27. The lowest BCUT2D eigenvalue weighted by atomic mass is 9.96. The molecule has 0 bridgehead atoms. The van der Waals surface area contributed by atoms with Gasteiger partial charge in [-0.1, -0.05) is 0 Å². The summed E-state index contributed by atoms with van der Waals surface area (Å²) in [6.45, 7) is 8.38. The molecule has 0 radical (unpaired) electrons. The van der Waals surface area contributed by atoms with E-state index in [1.165, 1.54) is 12.3 Å². The molecule has 1 amide bonds. The first-order valence-corrected chi connectivity index (χ1v) is 10.0. The van der Waals surface area contributed by atoms with E-state index < -0.39 is 11.6 Å². The minimum atomic E-state index is -0.882. The molecule has 156 valence electrons. The Balaban J connectivity index is 1.50. The molecular formula is C20H27N5O4. The Kier molecular flexibility index (Phi) is 4.72. The molecule has 1 N–H and O–H groups in total. The molecule has 4 heterocycles. The van der Waals surface area contributed by atoms with Gasteiger partial charge in [-0.25, -0.2) is 9.78 Å². The lowest BCUT2D eigenvalue weighted by Gasteiger charge is -2.43. The van der Waals surface area contributed by atoms with Crippen molar-refractivity contribution >= 4 is 17.3 Å². The Labute approximate surface area is 168 Å². The van der Waals surface area contributed by atoms with Gasteiger partial charge in [0.05, 0.1) is 12.2 Å². The maximum Gasteiger partial charge on any atom is 0.407 e. The van der Waals surface area contributed by atoms with E-state index >= 15 is 0 Å². The van der Waals surface area contributed by atoms with Crippen LogP contribution < -0.4 is 11.1 Å². The van der Waals surface area contributed by atoms with Crippen LogP contribution in [-0.4, -0.2) is 66.3 Å². The summed E-state index contributed by atoms with van der Waals surface area (Å²) in [7, 11) is 0. The number of piperidine rings is 1. The zero-order chi connectivity index (χ0) is 20.9. The van der Waals surface area contributed by atoms with Gasteiger partial charge in [-0.15, -0.1) is 0 Å². The van der Waals surface area contributed by atoms with E-state index in [0.717, 1.165) is 25.9 Å². The quantitative estimate of drug-likeness (QED) is 0.833. The largest absolute Gasteiger partial charge is 0.465 e. The standard InChI is InChI=1S/C20H27N5O4/c1-20(2,3)25(19(28)29)13-6-8-22(9-7-13)11-14-12-23-17(27)10-21-15-4-5-16(26)24(14)18(15)23/h4-5,10,13-14H,6-9,11-12H2,1-3H3,(H,28,29)/t14-/m1/s1. The molecule has 9 nitrogen and oxygen atoms in total.